The summed E-state index contributed by atoms with van der Waals surface area (Å²) >= 11 is 0. The normalized spacial score (nSPS) is 23.5. The zero-order valence-electron chi connectivity index (χ0n) is 5.49. The maximum atomic E-state index is 5.66. The van der Waals surface area contributed by atoms with E-state index >= 15 is 0 Å². The summed E-state index contributed by atoms with van der Waals surface area (Å²) in [6, 6.07) is 0.161. The second-order valence-corrected chi connectivity index (χ2v) is 2.41. The predicted molar refractivity (Wildman–Crippen MR) is 36.5 cm³/mol. The van der Waals surface area contributed by atoms with Crippen LogP contribution in [-0.4, -0.2) is 27.4 Å². The van der Waals surface area contributed by atoms with Gasteiger partial charge in [-0.1, -0.05) is 0 Å². The van der Waals surface area contributed by atoms with Gasteiger partial charge in [0.2, 0.25) is 5.95 Å². The molecule has 0 saturated heterocycles. The zero-order chi connectivity index (χ0) is 6.97. The summed E-state index contributed by atoms with van der Waals surface area (Å²) in [7, 11) is 0. The van der Waals surface area contributed by atoms with Crippen LogP contribution in [0, 0.1) is 0 Å². The summed E-state index contributed by atoms with van der Waals surface area (Å²) in [6.45, 7) is 1.56. The number of aromatic nitrogens is 3. The second-order valence-electron chi connectivity index (χ2n) is 2.41. The van der Waals surface area contributed by atoms with Gasteiger partial charge < -0.3 is 11.1 Å². The third kappa shape index (κ3) is 0.750. The first-order valence-electron chi connectivity index (χ1n) is 3.23. The average molecular weight is 139 g/mol. The number of rotatable bonds is 0. The van der Waals surface area contributed by atoms with Gasteiger partial charge in [0.25, 0.3) is 0 Å². The van der Waals surface area contributed by atoms with Crippen LogP contribution >= 0.6 is 0 Å². The highest BCUT2D eigenvalue weighted by atomic mass is 15.4. The molecule has 10 heavy (non-hydrogen) atoms. The molecule has 1 atom stereocenters. The molecule has 1 unspecified atom stereocenters. The lowest BCUT2D eigenvalue weighted by Gasteiger charge is -2.19. The van der Waals surface area contributed by atoms with E-state index in [1.54, 1.807) is 4.68 Å². The average Bonchev–Trinajstić information content (AvgIpc) is 2.33. The Kier molecular flexibility index (Phi) is 1.10. The molecule has 5 nitrogen and oxygen atoms in total. The van der Waals surface area contributed by atoms with E-state index < -0.39 is 0 Å². The van der Waals surface area contributed by atoms with E-state index in [0.717, 1.165) is 19.0 Å². The van der Waals surface area contributed by atoms with Crippen molar-refractivity contribution >= 4 is 5.95 Å². The molecule has 1 aromatic heterocycles. The molecular weight excluding hydrogens is 130 g/mol. The molecule has 54 valence electrons. The highest BCUT2D eigenvalue weighted by Gasteiger charge is 2.14. The highest BCUT2D eigenvalue weighted by Crippen LogP contribution is 2.06. The minimum atomic E-state index is 0.161. The van der Waals surface area contributed by atoms with E-state index in [2.05, 4.69) is 15.4 Å². The van der Waals surface area contributed by atoms with Crippen LogP contribution in [0.1, 0.15) is 0 Å². The van der Waals surface area contributed by atoms with E-state index in [-0.39, 0.29) is 6.04 Å². The van der Waals surface area contributed by atoms with Crippen LogP contribution in [0.25, 0.3) is 0 Å². The molecule has 0 radical (unpaired) electrons. The largest absolute Gasteiger partial charge is 0.353 e. The smallest absolute Gasteiger partial charge is 0.221 e. The molecule has 3 N–H and O–H groups in total. The van der Waals surface area contributed by atoms with Gasteiger partial charge in [-0.25, -0.2) is 4.68 Å². The summed E-state index contributed by atoms with van der Waals surface area (Å²) in [6.07, 6.45) is 1.53. The van der Waals surface area contributed by atoms with Crippen LogP contribution in [0.5, 0.6) is 0 Å². The van der Waals surface area contributed by atoms with Gasteiger partial charge in [-0.05, 0) is 0 Å². The van der Waals surface area contributed by atoms with Gasteiger partial charge in [0.15, 0.2) is 0 Å². The van der Waals surface area contributed by atoms with E-state index in [1.807, 2.05) is 0 Å². The third-order valence-corrected chi connectivity index (χ3v) is 1.55. The van der Waals surface area contributed by atoms with Gasteiger partial charge in [-0.15, -0.1) is 0 Å². The number of nitrogens with zero attached hydrogens (tertiary/aromatic N) is 3. The topological polar surface area (TPSA) is 68.8 Å². The molecule has 0 aliphatic carbocycles. The lowest BCUT2D eigenvalue weighted by Crippen LogP contribution is -2.38. The lowest BCUT2D eigenvalue weighted by molar-refractivity contribution is 0.500. The fourth-order valence-electron chi connectivity index (χ4n) is 1.04. The van der Waals surface area contributed by atoms with Crippen molar-refractivity contribution in [3.63, 3.8) is 0 Å². The van der Waals surface area contributed by atoms with Gasteiger partial charge >= 0.3 is 0 Å². The van der Waals surface area contributed by atoms with Crippen molar-refractivity contribution in [1.29, 1.82) is 0 Å². The fourth-order valence-corrected chi connectivity index (χ4v) is 1.04. The number of fused-ring (bicyclic) bond motifs is 1. The summed E-state index contributed by atoms with van der Waals surface area (Å²) < 4.78 is 1.77. The van der Waals surface area contributed by atoms with Crippen molar-refractivity contribution < 1.29 is 0 Å². The number of nitrogens with one attached hydrogen (secondary N) is 1. The van der Waals surface area contributed by atoms with Crippen molar-refractivity contribution in [2.24, 2.45) is 5.73 Å². The quantitative estimate of drug-likeness (QED) is 0.485. The van der Waals surface area contributed by atoms with E-state index in [4.69, 9.17) is 5.73 Å². The standard InChI is InChI=1S/C5H9N5/c6-4-1-7-5-8-3-9-10(5)2-4/h3-4H,1-2,6H2,(H,7,8,9). The number of hydrogen-bond donors (Lipinski definition) is 2. The van der Waals surface area contributed by atoms with Crippen molar-refractivity contribution in [2.45, 2.75) is 12.6 Å². The molecule has 0 amide bonds. The highest BCUT2D eigenvalue weighted by molar-refractivity contribution is 5.25. The van der Waals surface area contributed by atoms with Gasteiger partial charge in [0.1, 0.15) is 6.33 Å². The predicted octanol–water partition coefficient (Wildman–Crippen LogP) is -0.969. The van der Waals surface area contributed by atoms with Crippen LogP contribution in [0.3, 0.4) is 0 Å². The fraction of sp³-hybridized carbons (Fsp3) is 0.600. The Morgan fingerprint density at radius 2 is 2.70 bits per heavy atom. The molecule has 1 aromatic rings. The Morgan fingerprint density at radius 1 is 1.80 bits per heavy atom. The molecule has 2 rings (SSSR count). The van der Waals surface area contributed by atoms with Crippen LogP contribution in [0.2, 0.25) is 0 Å². The third-order valence-electron chi connectivity index (χ3n) is 1.55. The Balaban J connectivity index is 2.30. The summed E-state index contributed by atoms with van der Waals surface area (Å²) in [5.41, 5.74) is 5.66. The Labute approximate surface area is 58.2 Å². The minimum Gasteiger partial charge on any atom is -0.353 e. The number of anilines is 1. The monoisotopic (exact) mass is 139 g/mol. The van der Waals surface area contributed by atoms with Gasteiger partial charge in [0.05, 0.1) is 6.54 Å². The number of hydrogen-bond acceptors (Lipinski definition) is 4. The second kappa shape index (κ2) is 1.95. The van der Waals surface area contributed by atoms with Crippen LogP contribution in [0.4, 0.5) is 5.95 Å². The Morgan fingerprint density at radius 3 is 3.60 bits per heavy atom. The molecule has 1 aliphatic heterocycles. The minimum absolute atomic E-state index is 0.161. The molecule has 5 heteroatoms. The van der Waals surface area contributed by atoms with Crippen molar-refractivity contribution in [3.05, 3.63) is 6.33 Å². The van der Waals surface area contributed by atoms with Gasteiger partial charge in [0, 0.05) is 12.6 Å². The molecule has 0 aromatic carbocycles. The first kappa shape index (κ1) is 5.67. The number of nitrogens with two attached hydrogens (primary N) is 1. The molecular formula is C5H9N5. The first-order chi connectivity index (χ1) is 4.86. The summed E-state index contributed by atoms with van der Waals surface area (Å²) in [5, 5.41) is 7.03. The van der Waals surface area contributed by atoms with Gasteiger partial charge in [-0.2, -0.15) is 10.1 Å². The Bertz CT molecular complexity index is 230. The van der Waals surface area contributed by atoms with Crippen LogP contribution < -0.4 is 11.1 Å². The maximum Gasteiger partial charge on any atom is 0.221 e. The maximum absolute atomic E-state index is 5.66. The van der Waals surface area contributed by atoms with Crippen molar-refractivity contribution in [1.82, 2.24) is 14.8 Å². The molecule has 0 saturated carbocycles. The summed E-state index contributed by atoms with van der Waals surface area (Å²) in [5.74, 6) is 0.821. The molecule has 0 bridgehead atoms. The first-order valence-corrected chi connectivity index (χ1v) is 3.23. The molecule has 1 aliphatic rings. The van der Waals surface area contributed by atoms with E-state index in [1.165, 1.54) is 6.33 Å². The van der Waals surface area contributed by atoms with E-state index in [9.17, 15) is 0 Å². The van der Waals surface area contributed by atoms with E-state index in [0.29, 0.717) is 0 Å². The lowest BCUT2D eigenvalue weighted by atomic mass is 10.3. The van der Waals surface area contributed by atoms with Crippen molar-refractivity contribution in [3.8, 4) is 0 Å². The van der Waals surface area contributed by atoms with Crippen LogP contribution in [0.15, 0.2) is 6.33 Å². The molecule has 0 fully saturated rings. The van der Waals surface area contributed by atoms with Crippen LogP contribution in [-0.2, 0) is 6.54 Å². The molecule has 0 spiro atoms. The summed E-state index contributed by atoms with van der Waals surface area (Å²) in [4.78, 5) is 3.98. The van der Waals surface area contributed by atoms with Gasteiger partial charge in [-0.3, -0.25) is 0 Å². The van der Waals surface area contributed by atoms with Crippen molar-refractivity contribution in [2.75, 3.05) is 11.9 Å². The molecule has 2 heterocycles. The Hall–Kier alpha value is -1.10. The zero-order valence-corrected chi connectivity index (χ0v) is 5.49. The SMILES string of the molecule is NC1CNc2ncnn2C1.